The largest absolute Gasteiger partial charge is 0.444 e. The maximum absolute atomic E-state index is 17.5. The summed E-state index contributed by atoms with van der Waals surface area (Å²) in [6.07, 6.45) is 8.51. The number of aliphatic hydroxyl groups is 8. The van der Waals surface area contributed by atoms with Gasteiger partial charge in [0.15, 0.2) is 81.1 Å². The van der Waals surface area contributed by atoms with Gasteiger partial charge in [-0.2, -0.15) is 0 Å². The van der Waals surface area contributed by atoms with E-state index in [1.54, 1.807) is 52.0 Å². The molecular formula is C108H122F3N5O21. The van der Waals surface area contributed by atoms with Crippen molar-refractivity contribution in [1.29, 1.82) is 0 Å². The topological polar surface area (TPSA) is 433 Å². The van der Waals surface area contributed by atoms with Crippen LogP contribution in [0.2, 0.25) is 0 Å². The number of Topliss-reactive ketones (excluding diaryl/α,β-unsaturated/α-hetero) is 3. The molecule has 137 heavy (non-hydrogen) atoms. The van der Waals surface area contributed by atoms with Gasteiger partial charge in [-0.1, -0.05) is 129 Å². The van der Waals surface area contributed by atoms with E-state index in [2.05, 4.69) is 16.0 Å². The highest BCUT2D eigenvalue weighted by Crippen LogP contribution is 2.76. The van der Waals surface area contributed by atoms with Gasteiger partial charge in [-0.25, -0.2) is 18.0 Å². The molecule has 726 valence electrons. The summed E-state index contributed by atoms with van der Waals surface area (Å²) in [5.41, 5.74) is 4.66. The molecule has 0 unspecified atom stereocenters. The normalized spacial score (nSPS) is 38.4. The van der Waals surface area contributed by atoms with Crippen molar-refractivity contribution in [2.24, 2.45) is 68.0 Å². The smallest absolute Gasteiger partial charge is 0.412 e. The molecule has 0 spiro atoms. The fourth-order valence-electron chi connectivity index (χ4n) is 27.4. The first-order valence-electron chi connectivity index (χ1n) is 47.3. The van der Waals surface area contributed by atoms with Crippen molar-refractivity contribution in [3.8, 4) is 0 Å². The van der Waals surface area contributed by atoms with Gasteiger partial charge in [-0.05, 0) is 263 Å². The predicted molar refractivity (Wildman–Crippen MR) is 503 cm³/mol. The second-order valence-corrected chi connectivity index (χ2v) is 42.3. The number of halogens is 3. The van der Waals surface area contributed by atoms with Crippen LogP contribution >= 0.6 is 0 Å². The maximum Gasteiger partial charge on any atom is 0.412 e. The number of carbonyl (C=O) groups excluding carboxylic acids is 8. The van der Waals surface area contributed by atoms with Gasteiger partial charge in [-0.15, -0.1) is 0 Å². The number of allylic oxidation sites excluding steroid dienone is 12. The zero-order chi connectivity index (χ0) is 98.3. The molecule has 20 rings (SSSR count). The van der Waals surface area contributed by atoms with E-state index in [4.69, 9.17) is 35.2 Å². The van der Waals surface area contributed by atoms with E-state index in [0.29, 0.717) is 102 Å². The minimum Gasteiger partial charge on any atom is -0.444 e. The molecular weight excluding hydrogens is 1760 g/mol. The number of amides is 1. The highest BCUT2D eigenvalue weighted by atomic mass is 19.2. The Bertz CT molecular complexity index is 5770. The summed E-state index contributed by atoms with van der Waals surface area (Å²) in [5, 5.41) is 95.2. The molecule has 1 amide bonds. The zero-order valence-electron chi connectivity index (χ0n) is 78.2. The molecule has 2 saturated heterocycles. The highest BCUT2D eigenvalue weighted by Gasteiger charge is 2.83. The van der Waals surface area contributed by atoms with E-state index in [1.165, 1.54) is 42.5 Å². The number of anilines is 7. The lowest BCUT2D eigenvalue weighted by Crippen LogP contribution is -2.69. The minimum absolute atomic E-state index is 0.0135. The van der Waals surface area contributed by atoms with Crippen molar-refractivity contribution in [1.82, 2.24) is 0 Å². The van der Waals surface area contributed by atoms with Crippen molar-refractivity contribution in [2.75, 3.05) is 47.2 Å². The monoisotopic (exact) mass is 1880 g/mol. The number of hydrogen-bond acceptors (Lipinski definition) is 25. The Hall–Kier alpha value is -10.8. The van der Waals surface area contributed by atoms with Gasteiger partial charge in [0.2, 0.25) is 0 Å². The molecule has 2 aliphatic heterocycles. The molecule has 26 atom stereocenters. The lowest BCUT2D eigenvalue weighted by Gasteiger charge is -2.62. The van der Waals surface area contributed by atoms with Crippen LogP contribution in [0.15, 0.2) is 217 Å². The van der Waals surface area contributed by atoms with Crippen LogP contribution in [-0.4, -0.2) is 184 Å². The van der Waals surface area contributed by atoms with E-state index < -0.39 is 188 Å². The first-order valence-corrected chi connectivity index (χ1v) is 47.3. The lowest BCUT2D eigenvalue weighted by atomic mass is 9.44. The van der Waals surface area contributed by atoms with Gasteiger partial charge < -0.3 is 86.6 Å². The molecule has 2 heterocycles. The van der Waals surface area contributed by atoms with Crippen LogP contribution < -0.4 is 27.4 Å². The predicted octanol–water partition coefficient (Wildman–Crippen LogP) is 14.5. The van der Waals surface area contributed by atoms with E-state index in [-0.39, 0.29) is 54.9 Å². The van der Waals surface area contributed by atoms with E-state index in [0.717, 1.165) is 46.6 Å². The maximum atomic E-state index is 17.5. The average molecular weight is 1880 g/mol. The Morgan fingerprint density at radius 2 is 0.847 bits per heavy atom. The fourth-order valence-corrected chi connectivity index (χ4v) is 27.4. The fraction of sp³-hybridized carbons (Fsp3) is 0.481. The molecule has 9 saturated carbocycles. The number of aliphatic hydroxyl groups excluding tert-OH is 7. The number of benzene rings is 6. The standard InChI is InChI=1S/2C34H37FN2O6.C21H27FO6.C19H21NO3/c2*1-31-13-12-24(39)14-20(31)8-11-25-26-16-29-34(28(41)18-38,32(26,2)17-27(40)33(25,31)35)43-30(42-29)19-6-9-22(10-7-19)37-23-5-3-4-21(36)15-23;1-18-6-5-12(24)7-11(18)3-4-13-14-8-15(25)21(28,17(27)10-23)19(14,2)9-16(26)20(13,18)22;1-19(2,3)23-18(22)20-17-6-4-5-16(12-17)11-14-7-9-15(13-21)10-8-14/h2*3-7,9-10,12-15,25-27,29-30,37-38,40H,8,11,16-18,36H2,1-2H3;5-7,13-16,23,25-26,28H,3-4,8-10H2,1-2H3;4-10,12-13H,11H2,1-3H3,(H,20,22)/t25-,26-,27-,29+,30+,31-,32-,33-,34+;25-,26-,27-,29+,30-,31-,32-,33-,34+;13-,14-,15+,16-,18-,19-,20-,21-;/m000./s1. The Kier molecular flexibility index (Phi) is 25.4. The number of nitrogen functional groups attached to an aromatic ring is 2. The van der Waals surface area contributed by atoms with Crippen molar-refractivity contribution in [3.05, 3.63) is 245 Å². The third-order valence-corrected chi connectivity index (χ3v) is 34.1. The van der Waals surface area contributed by atoms with Gasteiger partial charge in [0, 0.05) is 107 Å². The number of nitrogens with one attached hydrogen (secondary N) is 3. The van der Waals surface area contributed by atoms with E-state index in [9.17, 15) is 79.2 Å². The number of ketones is 6. The molecule has 0 bridgehead atoms. The quantitative estimate of drug-likeness (QED) is 0.0316. The van der Waals surface area contributed by atoms with Crippen LogP contribution in [0, 0.1) is 68.0 Å². The number of aldehydes is 1. The highest BCUT2D eigenvalue weighted by molar-refractivity contribution is 6.03. The number of carbonyl (C=O) groups is 8. The Morgan fingerprint density at radius 3 is 1.23 bits per heavy atom. The van der Waals surface area contributed by atoms with Crippen LogP contribution in [0.1, 0.15) is 185 Å². The number of fused-ring (bicyclic) bond motifs is 19. The van der Waals surface area contributed by atoms with Crippen LogP contribution in [-0.2, 0) is 58.9 Å². The third-order valence-electron chi connectivity index (χ3n) is 34.1. The van der Waals surface area contributed by atoms with Crippen molar-refractivity contribution in [2.45, 2.75) is 234 Å². The number of rotatable bonds is 16. The lowest BCUT2D eigenvalue weighted by molar-refractivity contribution is -0.231. The minimum atomic E-state index is -2.23. The zero-order valence-corrected chi connectivity index (χ0v) is 78.2. The Labute approximate surface area is 793 Å². The summed E-state index contributed by atoms with van der Waals surface area (Å²) in [4.78, 5) is 98.3. The first kappa shape index (κ1) is 97.9. The van der Waals surface area contributed by atoms with Gasteiger partial charge in [0.05, 0.1) is 36.6 Å². The summed E-state index contributed by atoms with van der Waals surface area (Å²) < 4.78 is 83.2. The summed E-state index contributed by atoms with van der Waals surface area (Å²) in [7, 11) is 0. The van der Waals surface area contributed by atoms with Gasteiger partial charge in [0.1, 0.15) is 31.7 Å². The summed E-state index contributed by atoms with van der Waals surface area (Å²) in [5.74, 6) is -5.66. The summed E-state index contributed by atoms with van der Waals surface area (Å²) >= 11 is 0. The molecule has 26 nitrogen and oxygen atoms in total. The molecule has 6 aromatic rings. The van der Waals surface area contributed by atoms with Gasteiger partial charge >= 0.3 is 6.09 Å². The second-order valence-electron chi connectivity index (χ2n) is 42.3. The molecule has 0 aromatic heterocycles. The van der Waals surface area contributed by atoms with Gasteiger partial charge in [0.25, 0.3) is 0 Å². The van der Waals surface area contributed by atoms with Crippen LogP contribution in [0.3, 0.4) is 0 Å². The molecule has 14 aliphatic rings. The number of ether oxygens (including phenoxy) is 5. The van der Waals surface area contributed by atoms with Crippen LogP contribution in [0.4, 0.5) is 57.8 Å². The van der Waals surface area contributed by atoms with E-state index in [1.807, 2.05) is 168 Å². The van der Waals surface area contributed by atoms with Crippen LogP contribution in [0.5, 0.6) is 0 Å². The number of alkyl halides is 3. The average Bonchev–Trinajstić information content (AvgIpc) is 1.49. The number of hydrogen-bond donors (Lipinski definition) is 13. The van der Waals surface area contributed by atoms with Crippen molar-refractivity contribution >= 4 is 86.9 Å². The van der Waals surface area contributed by atoms with Crippen LogP contribution in [0.25, 0.3) is 0 Å². The third kappa shape index (κ3) is 15.5. The van der Waals surface area contributed by atoms with Gasteiger partial charge in [-0.3, -0.25) is 38.9 Å². The van der Waals surface area contributed by atoms with Crippen molar-refractivity contribution < 1.29 is 116 Å². The number of nitrogens with two attached hydrogens (primary N) is 2. The summed E-state index contributed by atoms with van der Waals surface area (Å²) in [6, 6.07) is 44.8. The first-order chi connectivity index (χ1) is 64.7. The molecule has 15 N–H and O–H groups in total. The molecule has 0 radical (unpaired) electrons. The second kappa shape index (κ2) is 35.5. The molecule has 12 aliphatic carbocycles. The van der Waals surface area contributed by atoms with E-state index >= 15 is 13.2 Å². The molecule has 11 fully saturated rings. The summed E-state index contributed by atoms with van der Waals surface area (Å²) in [6.45, 7) is 13.6. The SMILES string of the molecule is CC(C)(C)OC(=O)Nc1cccc(Cc2ccc(C=O)cc2)c1.C[C@]12C=CC(=O)C=C1CC[C@H]1[C@@H]3C[C@@H](O)[C@](O)(C(=O)CO)[C@@]3(C)C[C@H](O)[C@@]12F.C[C@]12C=CC(=O)C=C1CC[C@H]1[C@@H]3C[C@H]4O[C@@H](c5ccc(Nc6cccc(N)c6)cc5)O[C@@]4(C(=O)CO)[C@@]3(C)C[C@H](O)[C@@]12F.C[C@]12C=CC(=O)C=C1CC[C@H]1[C@@H]3C[C@H]4O[C@H](c5ccc(Nc6cccc(N)c6)cc5)O[C@@]4(C(=O)CO)[C@@]3(C)C[C@H](O)[C@@]12F. The Balaban J connectivity index is 0.000000131. The molecule has 6 aromatic carbocycles. The molecule has 29 heteroatoms. The Morgan fingerprint density at radius 1 is 0.467 bits per heavy atom. The van der Waals surface area contributed by atoms with Crippen molar-refractivity contribution in [3.63, 3.8) is 0 Å².